The molecular weight excluding hydrogens is 368 g/mol. The normalized spacial score (nSPS) is 14.6. The Morgan fingerprint density at radius 3 is 2.59 bits per heavy atom. The van der Waals surface area contributed by atoms with E-state index in [2.05, 4.69) is 15.5 Å². The molecule has 4 rings (SSSR count). The fraction of sp³-hybridized carbons (Fsp3) is 0.318. The van der Waals surface area contributed by atoms with Gasteiger partial charge in [-0.1, -0.05) is 41.1 Å². The summed E-state index contributed by atoms with van der Waals surface area (Å²) in [5.41, 5.74) is 1.98. The number of carbonyl (C=O) groups excluding carboxylic acids is 1. The van der Waals surface area contributed by atoms with Gasteiger partial charge in [-0.25, -0.2) is 4.79 Å². The molecule has 29 heavy (non-hydrogen) atoms. The van der Waals surface area contributed by atoms with Gasteiger partial charge in [0.05, 0.1) is 0 Å². The number of aromatic nitrogens is 2. The molecule has 7 heteroatoms. The Kier molecular flexibility index (Phi) is 5.74. The van der Waals surface area contributed by atoms with Crippen LogP contribution in [0.3, 0.4) is 0 Å². The van der Waals surface area contributed by atoms with Gasteiger partial charge in [-0.3, -0.25) is 0 Å². The summed E-state index contributed by atoms with van der Waals surface area (Å²) in [5.74, 6) is 2.11. The summed E-state index contributed by atoms with van der Waals surface area (Å²) in [6.07, 6.45) is 1.61. The van der Waals surface area contributed by atoms with E-state index in [9.17, 15) is 4.79 Å². The molecule has 0 spiro atoms. The summed E-state index contributed by atoms with van der Waals surface area (Å²) in [6.45, 7) is 3.60. The zero-order valence-corrected chi connectivity index (χ0v) is 16.4. The molecular formula is C22H24N4O3. The van der Waals surface area contributed by atoms with Gasteiger partial charge in [-0.2, -0.15) is 4.98 Å². The lowest BCUT2D eigenvalue weighted by Crippen LogP contribution is -2.40. The molecule has 1 saturated heterocycles. The molecule has 2 amide bonds. The molecule has 0 bridgehead atoms. The van der Waals surface area contributed by atoms with Crippen LogP contribution in [0.25, 0.3) is 0 Å². The Bertz CT molecular complexity index is 932. The number of para-hydroxylation sites is 1. The second kappa shape index (κ2) is 8.77. The van der Waals surface area contributed by atoms with Gasteiger partial charge < -0.3 is 19.5 Å². The van der Waals surface area contributed by atoms with Crippen molar-refractivity contribution in [1.82, 2.24) is 15.0 Å². The highest BCUT2D eigenvalue weighted by Crippen LogP contribution is 2.26. The Morgan fingerprint density at radius 1 is 1.14 bits per heavy atom. The maximum Gasteiger partial charge on any atom is 0.321 e. The lowest BCUT2D eigenvalue weighted by atomic mass is 9.96. The van der Waals surface area contributed by atoms with Crippen molar-refractivity contribution in [2.45, 2.75) is 32.3 Å². The predicted octanol–water partition coefficient (Wildman–Crippen LogP) is 4.37. The number of likely N-dealkylation sites (tertiary alicyclic amines) is 1. The van der Waals surface area contributed by atoms with Crippen LogP contribution in [0.15, 0.2) is 59.1 Å². The van der Waals surface area contributed by atoms with Gasteiger partial charge in [0.25, 0.3) is 5.89 Å². The third kappa shape index (κ3) is 4.93. The molecule has 7 nitrogen and oxygen atoms in total. The number of carbonyl (C=O) groups is 1. The minimum atomic E-state index is -0.0741. The fourth-order valence-electron chi connectivity index (χ4n) is 3.34. The summed E-state index contributed by atoms with van der Waals surface area (Å²) < 4.78 is 11.0. The first-order chi connectivity index (χ1) is 14.2. The molecule has 3 aromatic rings. The van der Waals surface area contributed by atoms with Crippen molar-refractivity contribution in [1.29, 1.82) is 0 Å². The molecule has 2 aromatic carbocycles. The predicted molar refractivity (Wildman–Crippen MR) is 109 cm³/mol. The molecule has 1 fully saturated rings. The number of urea groups is 1. The van der Waals surface area contributed by atoms with Crippen molar-refractivity contribution in [2.75, 3.05) is 18.4 Å². The summed E-state index contributed by atoms with van der Waals surface area (Å²) >= 11 is 0. The Hall–Kier alpha value is -3.35. The zero-order valence-electron chi connectivity index (χ0n) is 16.4. The van der Waals surface area contributed by atoms with Crippen LogP contribution in [-0.2, 0) is 6.61 Å². The monoisotopic (exact) mass is 392 g/mol. The summed E-state index contributed by atoms with van der Waals surface area (Å²) in [7, 11) is 0. The second-order valence-electron chi connectivity index (χ2n) is 7.21. The number of piperidine rings is 1. The molecule has 2 heterocycles. The van der Waals surface area contributed by atoms with Crippen molar-refractivity contribution in [3.63, 3.8) is 0 Å². The number of hydrogen-bond donors (Lipinski definition) is 1. The summed E-state index contributed by atoms with van der Waals surface area (Å²) in [6, 6.07) is 17.2. The first kappa shape index (κ1) is 19.0. The summed E-state index contributed by atoms with van der Waals surface area (Å²) in [5, 5.41) is 7.05. The lowest BCUT2D eigenvalue weighted by Gasteiger charge is -2.30. The van der Waals surface area contributed by atoms with E-state index in [0.29, 0.717) is 24.8 Å². The second-order valence-corrected chi connectivity index (χ2v) is 7.21. The highest BCUT2D eigenvalue weighted by molar-refractivity contribution is 5.89. The summed E-state index contributed by atoms with van der Waals surface area (Å²) in [4.78, 5) is 18.7. The molecule has 1 aromatic heterocycles. The highest BCUT2D eigenvalue weighted by atomic mass is 16.5. The fourth-order valence-corrected chi connectivity index (χ4v) is 3.34. The van der Waals surface area contributed by atoms with E-state index in [1.807, 2.05) is 66.4 Å². The average Bonchev–Trinajstić information content (AvgIpc) is 3.23. The minimum absolute atomic E-state index is 0.0741. The first-order valence-corrected chi connectivity index (χ1v) is 9.80. The van der Waals surface area contributed by atoms with Crippen LogP contribution in [0.4, 0.5) is 10.5 Å². The molecule has 1 N–H and O–H groups in total. The number of amides is 2. The van der Waals surface area contributed by atoms with Crippen molar-refractivity contribution < 1.29 is 14.1 Å². The van der Waals surface area contributed by atoms with Crippen molar-refractivity contribution in [3.8, 4) is 5.75 Å². The quantitative estimate of drug-likeness (QED) is 0.697. The number of nitrogens with one attached hydrogen (secondary N) is 1. The number of nitrogens with zero attached hydrogens (tertiary/aromatic N) is 3. The molecule has 0 radical (unpaired) electrons. The van der Waals surface area contributed by atoms with Gasteiger partial charge in [-0.05, 0) is 44.0 Å². The average molecular weight is 392 g/mol. The van der Waals surface area contributed by atoms with Gasteiger partial charge in [0.2, 0.25) is 0 Å². The Labute approximate surface area is 169 Å². The zero-order chi connectivity index (χ0) is 20.1. The number of hydrogen-bond acceptors (Lipinski definition) is 5. The van der Waals surface area contributed by atoms with Crippen molar-refractivity contribution >= 4 is 11.7 Å². The maximum atomic E-state index is 12.4. The highest BCUT2D eigenvalue weighted by Gasteiger charge is 2.27. The van der Waals surface area contributed by atoms with Gasteiger partial charge in [-0.15, -0.1) is 0 Å². The van der Waals surface area contributed by atoms with E-state index in [0.717, 1.165) is 24.3 Å². The van der Waals surface area contributed by atoms with Crippen LogP contribution in [0, 0.1) is 6.92 Å². The van der Waals surface area contributed by atoms with Crippen LogP contribution >= 0.6 is 0 Å². The number of benzene rings is 2. The van der Waals surface area contributed by atoms with Gasteiger partial charge in [0, 0.05) is 24.7 Å². The van der Waals surface area contributed by atoms with E-state index in [1.165, 1.54) is 5.56 Å². The lowest BCUT2D eigenvalue weighted by molar-refractivity contribution is 0.193. The molecule has 150 valence electrons. The third-order valence-electron chi connectivity index (χ3n) is 5.04. The smallest absolute Gasteiger partial charge is 0.321 e. The largest absolute Gasteiger partial charge is 0.484 e. The van der Waals surface area contributed by atoms with E-state index >= 15 is 0 Å². The minimum Gasteiger partial charge on any atom is -0.484 e. The van der Waals surface area contributed by atoms with Crippen LogP contribution < -0.4 is 10.1 Å². The van der Waals surface area contributed by atoms with Crippen molar-refractivity contribution in [2.24, 2.45) is 0 Å². The van der Waals surface area contributed by atoms with Gasteiger partial charge in [0.15, 0.2) is 12.4 Å². The van der Waals surface area contributed by atoms with Crippen LogP contribution in [0.5, 0.6) is 5.75 Å². The van der Waals surface area contributed by atoms with Crippen molar-refractivity contribution in [3.05, 3.63) is 71.9 Å². The van der Waals surface area contributed by atoms with E-state index < -0.39 is 0 Å². The van der Waals surface area contributed by atoms with Gasteiger partial charge in [0.1, 0.15) is 5.75 Å². The Balaban J connectivity index is 1.26. The number of aryl methyl sites for hydroxylation is 1. The molecule has 1 aliphatic rings. The molecule has 0 aliphatic carbocycles. The number of anilines is 1. The van der Waals surface area contributed by atoms with E-state index in [4.69, 9.17) is 9.26 Å². The molecule has 0 saturated carbocycles. The van der Waals surface area contributed by atoms with Crippen LogP contribution in [0.1, 0.15) is 36.0 Å². The first-order valence-electron chi connectivity index (χ1n) is 9.80. The van der Waals surface area contributed by atoms with E-state index in [-0.39, 0.29) is 18.6 Å². The molecule has 0 atom stereocenters. The van der Waals surface area contributed by atoms with Gasteiger partial charge >= 0.3 is 6.03 Å². The maximum absolute atomic E-state index is 12.4. The Morgan fingerprint density at radius 2 is 1.86 bits per heavy atom. The van der Waals surface area contributed by atoms with E-state index in [1.54, 1.807) is 0 Å². The molecule has 1 aliphatic heterocycles. The number of ether oxygens (including phenoxy) is 1. The third-order valence-corrected chi connectivity index (χ3v) is 5.04. The SMILES string of the molecule is Cc1ccc(OCc2nc(C3CCN(C(=O)Nc4ccccc4)CC3)no2)cc1. The topological polar surface area (TPSA) is 80.5 Å². The molecule has 0 unspecified atom stereocenters. The van der Waals surface area contributed by atoms with Crippen LogP contribution in [-0.4, -0.2) is 34.2 Å². The van der Waals surface area contributed by atoms with Crippen LogP contribution in [0.2, 0.25) is 0 Å². The number of rotatable bonds is 5. The standard InChI is InChI=1S/C22H24N4O3/c1-16-7-9-19(10-8-16)28-15-20-24-21(25-29-20)17-11-13-26(14-12-17)22(27)23-18-5-3-2-4-6-18/h2-10,17H,11-15H2,1H3,(H,23,27).